The van der Waals surface area contributed by atoms with E-state index in [2.05, 4.69) is 48.7 Å². The molecule has 0 saturated heterocycles. The molecule has 1 amide bonds. The predicted molar refractivity (Wildman–Crippen MR) is 86.4 cm³/mol. The second-order valence-corrected chi connectivity index (χ2v) is 6.54. The number of alkyl carbamates (subject to hydrolysis) is 1. The lowest BCUT2D eigenvalue weighted by molar-refractivity contribution is 0.0522. The van der Waals surface area contributed by atoms with Gasteiger partial charge in [-0.15, -0.1) is 0 Å². The molecule has 0 bridgehead atoms. The van der Waals surface area contributed by atoms with Crippen LogP contribution in [-0.2, 0) is 11.2 Å². The molecule has 0 aliphatic rings. The molecule has 118 valence electrons. The molecule has 0 aliphatic heterocycles. The Hall–Kier alpha value is -1.55. The molecule has 1 rings (SSSR count). The number of carbonyl (C=O) groups excluding carboxylic acids is 1. The van der Waals surface area contributed by atoms with Gasteiger partial charge < -0.3 is 15.4 Å². The van der Waals surface area contributed by atoms with Gasteiger partial charge in [-0.1, -0.05) is 30.3 Å². The van der Waals surface area contributed by atoms with Crippen LogP contribution in [0.1, 0.15) is 40.2 Å². The molecule has 2 unspecified atom stereocenters. The van der Waals surface area contributed by atoms with Crippen LogP contribution in [0.3, 0.4) is 0 Å². The Balaban J connectivity index is 2.27. The van der Waals surface area contributed by atoms with Crippen molar-refractivity contribution in [3.63, 3.8) is 0 Å². The van der Waals surface area contributed by atoms with Gasteiger partial charge in [0, 0.05) is 18.6 Å². The molecular weight excluding hydrogens is 264 g/mol. The maximum atomic E-state index is 11.6. The van der Waals surface area contributed by atoms with Gasteiger partial charge in [0.05, 0.1) is 0 Å². The highest BCUT2D eigenvalue weighted by molar-refractivity contribution is 5.67. The standard InChI is InChI=1S/C17H28N2O2/c1-13(11-15-9-7-6-8-10-15)19-14(2)12-18-16(20)21-17(3,4)5/h6-10,13-14,19H,11-12H2,1-5H3,(H,18,20). The van der Waals surface area contributed by atoms with Crippen LogP contribution in [0.5, 0.6) is 0 Å². The lowest BCUT2D eigenvalue weighted by atomic mass is 10.1. The summed E-state index contributed by atoms with van der Waals surface area (Å²) in [5.41, 5.74) is 0.853. The molecular formula is C17H28N2O2. The summed E-state index contributed by atoms with van der Waals surface area (Å²) in [6, 6.07) is 10.9. The van der Waals surface area contributed by atoms with Crippen molar-refractivity contribution < 1.29 is 9.53 Å². The van der Waals surface area contributed by atoms with E-state index in [4.69, 9.17) is 4.74 Å². The molecule has 2 atom stereocenters. The van der Waals surface area contributed by atoms with Crippen molar-refractivity contribution in [2.45, 2.75) is 58.7 Å². The van der Waals surface area contributed by atoms with E-state index in [-0.39, 0.29) is 12.1 Å². The summed E-state index contributed by atoms with van der Waals surface area (Å²) in [4.78, 5) is 11.6. The fourth-order valence-corrected chi connectivity index (χ4v) is 2.12. The van der Waals surface area contributed by atoms with Gasteiger partial charge in [0.2, 0.25) is 0 Å². The molecule has 0 fully saturated rings. The second-order valence-electron chi connectivity index (χ2n) is 6.54. The van der Waals surface area contributed by atoms with E-state index >= 15 is 0 Å². The first kappa shape index (κ1) is 17.5. The molecule has 2 N–H and O–H groups in total. The van der Waals surface area contributed by atoms with Gasteiger partial charge in [-0.25, -0.2) is 4.79 Å². The highest BCUT2D eigenvalue weighted by atomic mass is 16.6. The Morgan fingerprint density at radius 1 is 1.14 bits per heavy atom. The molecule has 0 radical (unpaired) electrons. The van der Waals surface area contributed by atoms with E-state index in [1.165, 1.54) is 5.56 Å². The topological polar surface area (TPSA) is 50.4 Å². The van der Waals surface area contributed by atoms with E-state index in [1.54, 1.807) is 0 Å². The second kappa shape index (κ2) is 8.03. The maximum Gasteiger partial charge on any atom is 0.407 e. The van der Waals surface area contributed by atoms with Gasteiger partial charge in [-0.05, 0) is 46.6 Å². The zero-order chi connectivity index (χ0) is 15.9. The van der Waals surface area contributed by atoms with Crippen LogP contribution in [0.15, 0.2) is 30.3 Å². The van der Waals surface area contributed by atoms with Gasteiger partial charge in [0.1, 0.15) is 5.60 Å². The molecule has 0 saturated carbocycles. The van der Waals surface area contributed by atoms with Crippen LogP contribution in [0, 0.1) is 0 Å². The minimum atomic E-state index is -0.457. The number of amides is 1. The predicted octanol–water partition coefficient (Wildman–Crippen LogP) is 3.12. The summed E-state index contributed by atoms with van der Waals surface area (Å²) < 4.78 is 5.21. The van der Waals surface area contributed by atoms with Crippen LogP contribution in [0.4, 0.5) is 4.79 Å². The van der Waals surface area contributed by atoms with Crippen LogP contribution in [-0.4, -0.2) is 30.3 Å². The SMILES string of the molecule is CC(CNC(=O)OC(C)(C)C)NC(C)Cc1ccccc1. The first-order chi connectivity index (χ1) is 9.76. The quantitative estimate of drug-likeness (QED) is 0.847. The number of ether oxygens (including phenoxy) is 1. The fourth-order valence-electron chi connectivity index (χ4n) is 2.12. The zero-order valence-electron chi connectivity index (χ0n) is 13.8. The van der Waals surface area contributed by atoms with E-state index in [0.29, 0.717) is 12.6 Å². The minimum absolute atomic E-state index is 0.191. The molecule has 4 heteroatoms. The van der Waals surface area contributed by atoms with Crippen molar-refractivity contribution in [3.05, 3.63) is 35.9 Å². The normalized spacial score (nSPS) is 14.3. The van der Waals surface area contributed by atoms with E-state index < -0.39 is 5.60 Å². The van der Waals surface area contributed by atoms with Gasteiger partial charge in [0.25, 0.3) is 0 Å². The number of hydrogen-bond donors (Lipinski definition) is 2. The molecule has 0 spiro atoms. The zero-order valence-corrected chi connectivity index (χ0v) is 13.8. The van der Waals surface area contributed by atoms with Crippen molar-refractivity contribution >= 4 is 6.09 Å². The van der Waals surface area contributed by atoms with Crippen molar-refractivity contribution in [2.75, 3.05) is 6.54 Å². The first-order valence-corrected chi connectivity index (χ1v) is 7.53. The smallest absolute Gasteiger partial charge is 0.407 e. The van der Waals surface area contributed by atoms with Crippen molar-refractivity contribution in [3.8, 4) is 0 Å². The van der Waals surface area contributed by atoms with E-state index in [0.717, 1.165) is 6.42 Å². The van der Waals surface area contributed by atoms with Crippen molar-refractivity contribution in [1.82, 2.24) is 10.6 Å². The monoisotopic (exact) mass is 292 g/mol. The molecule has 0 aromatic heterocycles. The van der Waals surface area contributed by atoms with Crippen LogP contribution in [0.25, 0.3) is 0 Å². The van der Waals surface area contributed by atoms with Gasteiger partial charge >= 0.3 is 6.09 Å². The first-order valence-electron chi connectivity index (χ1n) is 7.53. The summed E-state index contributed by atoms with van der Waals surface area (Å²) in [5, 5.41) is 6.26. The Morgan fingerprint density at radius 3 is 2.33 bits per heavy atom. The number of benzene rings is 1. The highest BCUT2D eigenvalue weighted by Gasteiger charge is 2.16. The lowest BCUT2D eigenvalue weighted by Crippen LogP contribution is -2.44. The fraction of sp³-hybridized carbons (Fsp3) is 0.588. The highest BCUT2D eigenvalue weighted by Crippen LogP contribution is 2.06. The van der Waals surface area contributed by atoms with Crippen LogP contribution >= 0.6 is 0 Å². The van der Waals surface area contributed by atoms with Crippen LogP contribution in [0.2, 0.25) is 0 Å². The molecule has 21 heavy (non-hydrogen) atoms. The van der Waals surface area contributed by atoms with E-state index in [1.807, 2.05) is 26.8 Å². The third-order valence-corrected chi connectivity index (χ3v) is 2.91. The average molecular weight is 292 g/mol. The number of nitrogens with one attached hydrogen (secondary N) is 2. The van der Waals surface area contributed by atoms with Crippen molar-refractivity contribution in [1.29, 1.82) is 0 Å². The number of hydrogen-bond acceptors (Lipinski definition) is 3. The number of rotatable bonds is 6. The number of carbonyl (C=O) groups is 1. The van der Waals surface area contributed by atoms with Crippen molar-refractivity contribution in [2.24, 2.45) is 0 Å². The van der Waals surface area contributed by atoms with Gasteiger partial charge in [0.15, 0.2) is 0 Å². The lowest BCUT2D eigenvalue weighted by Gasteiger charge is -2.23. The molecule has 4 nitrogen and oxygen atoms in total. The Labute approximate surface area is 128 Å². The minimum Gasteiger partial charge on any atom is -0.444 e. The summed E-state index contributed by atoms with van der Waals surface area (Å²) >= 11 is 0. The largest absolute Gasteiger partial charge is 0.444 e. The summed E-state index contributed by atoms with van der Waals surface area (Å²) in [6.07, 6.45) is 0.601. The summed E-state index contributed by atoms with van der Waals surface area (Å²) in [6.45, 7) is 10.3. The summed E-state index contributed by atoms with van der Waals surface area (Å²) in [7, 11) is 0. The van der Waals surface area contributed by atoms with Gasteiger partial charge in [-0.3, -0.25) is 0 Å². The van der Waals surface area contributed by atoms with Gasteiger partial charge in [-0.2, -0.15) is 0 Å². The average Bonchev–Trinajstić information content (AvgIpc) is 2.35. The molecule has 0 heterocycles. The molecule has 1 aromatic rings. The summed E-state index contributed by atoms with van der Waals surface area (Å²) in [5.74, 6) is 0. The Bertz CT molecular complexity index is 426. The van der Waals surface area contributed by atoms with Crippen LogP contribution < -0.4 is 10.6 Å². The third-order valence-electron chi connectivity index (χ3n) is 2.91. The Morgan fingerprint density at radius 2 is 1.76 bits per heavy atom. The Kier molecular flexibility index (Phi) is 6.69. The van der Waals surface area contributed by atoms with E-state index in [9.17, 15) is 4.79 Å². The molecule has 0 aliphatic carbocycles. The third kappa shape index (κ3) is 8.35. The maximum absolute atomic E-state index is 11.6. The molecule has 1 aromatic carbocycles.